The summed E-state index contributed by atoms with van der Waals surface area (Å²) in [7, 11) is 0. The molecule has 2 rings (SSSR count). The standard InChI is InChI=1S/C25H32Cl2N2O2S/c1-4-6-12-28-25(31)23(5-2)29(15-19-10-11-21(26)22(27)14-19)24(30)17-32-16-20-9-7-8-18(3)13-20/h7-11,13-14,23H,4-6,12,15-17H2,1-3H3,(H,28,31). The third kappa shape index (κ3) is 8.34. The lowest BCUT2D eigenvalue weighted by Crippen LogP contribution is -2.49. The fourth-order valence-corrected chi connectivity index (χ4v) is 4.58. The van der Waals surface area contributed by atoms with Gasteiger partial charge in [-0.15, -0.1) is 11.8 Å². The molecule has 0 fully saturated rings. The molecule has 0 aliphatic heterocycles. The molecular weight excluding hydrogens is 463 g/mol. The highest BCUT2D eigenvalue weighted by atomic mass is 35.5. The van der Waals surface area contributed by atoms with Crippen LogP contribution in [-0.2, 0) is 21.9 Å². The van der Waals surface area contributed by atoms with Crippen LogP contribution >= 0.6 is 35.0 Å². The molecule has 0 saturated heterocycles. The first-order valence-corrected chi connectivity index (χ1v) is 12.9. The van der Waals surface area contributed by atoms with Gasteiger partial charge < -0.3 is 10.2 Å². The molecule has 1 N–H and O–H groups in total. The fraction of sp³-hybridized carbons (Fsp3) is 0.440. The van der Waals surface area contributed by atoms with E-state index in [-0.39, 0.29) is 11.8 Å². The summed E-state index contributed by atoms with van der Waals surface area (Å²) in [4.78, 5) is 27.8. The van der Waals surface area contributed by atoms with Crippen LogP contribution in [0.25, 0.3) is 0 Å². The Morgan fingerprint density at radius 1 is 1.06 bits per heavy atom. The minimum absolute atomic E-state index is 0.0637. The van der Waals surface area contributed by atoms with E-state index in [9.17, 15) is 9.59 Å². The Balaban J connectivity index is 2.13. The zero-order valence-electron chi connectivity index (χ0n) is 19.0. The first kappa shape index (κ1) is 26.6. The van der Waals surface area contributed by atoms with Crippen molar-refractivity contribution in [2.24, 2.45) is 0 Å². The molecule has 0 aliphatic carbocycles. The zero-order chi connectivity index (χ0) is 23.5. The minimum atomic E-state index is -0.534. The van der Waals surface area contributed by atoms with Crippen LogP contribution in [0.4, 0.5) is 0 Å². The molecule has 4 nitrogen and oxygen atoms in total. The van der Waals surface area contributed by atoms with Crippen molar-refractivity contribution in [2.75, 3.05) is 12.3 Å². The quantitative estimate of drug-likeness (QED) is 0.354. The highest BCUT2D eigenvalue weighted by Crippen LogP contribution is 2.24. The zero-order valence-corrected chi connectivity index (χ0v) is 21.3. The van der Waals surface area contributed by atoms with Gasteiger partial charge in [0.1, 0.15) is 6.04 Å². The molecule has 2 amide bonds. The van der Waals surface area contributed by atoms with Gasteiger partial charge in [0, 0.05) is 18.8 Å². The lowest BCUT2D eigenvalue weighted by Gasteiger charge is -2.30. The SMILES string of the molecule is CCCCNC(=O)C(CC)N(Cc1ccc(Cl)c(Cl)c1)C(=O)CSCc1cccc(C)c1. The lowest BCUT2D eigenvalue weighted by molar-refractivity contribution is -0.139. The number of nitrogens with zero attached hydrogens (tertiary/aromatic N) is 1. The number of nitrogens with one attached hydrogen (secondary N) is 1. The summed E-state index contributed by atoms with van der Waals surface area (Å²) in [5, 5.41) is 3.88. The Labute approximate surface area is 206 Å². The monoisotopic (exact) mass is 494 g/mol. The van der Waals surface area contributed by atoms with Gasteiger partial charge in [-0.2, -0.15) is 0 Å². The van der Waals surface area contributed by atoms with E-state index in [0.717, 1.165) is 24.2 Å². The highest BCUT2D eigenvalue weighted by Gasteiger charge is 2.28. The molecule has 0 heterocycles. The molecule has 0 radical (unpaired) electrons. The number of hydrogen-bond donors (Lipinski definition) is 1. The second kappa shape index (κ2) is 13.8. The molecule has 2 aromatic carbocycles. The largest absolute Gasteiger partial charge is 0.354 e. The maximum Gasteiger partial charge on any atom is 0.242 e. The molecular formula is C25H32Cl2N2O2S. The Morgan fingerprint density at radius 3 is 2.50 bits per heavy atom. The number of amides is 2. The summed E-state index contributed by atoms with van der Waals surface area (Å²) in [6, 6.07) is 13.1. The van der Waals surface area contributed by atoms with Crippen LogP contribution < -0.4 is 5.32 Å². The van der Waals surface area contributed by atoms with Gasteiger partial charge in [-0.3, -0.25) is 9.59 Å². The van der Waals surface area contributed by atoms with Gasteiger partial charge in [-0.25, -0.2) is 0 Å². The van der Waals surface area contributed by atoms with Crippen LogP contribution in [0.1, 0.15) is 49.8 Å². The van der Waals surface area contributed by atoms with Crippen molar-refractivity contribution in [1.82, 2.24) is 10.2 Å². The summed E-state index contributed by atoms with van der Waals surface area (Å²) >= 11 is 13.8. The Hall–Kier alpha value is -1.69. The number of aryl methyl sites for hydroxylation is 1. The number of carbonyl (C=O) groups excluding carboxylic acids is 2. The number of halogens is 2. The van der Waals surface area contributed by atoms with Crippen molar-refractivity contribution in [3.8, 4) is 0 Å². The molecule has 0 aliphatic rings. The van der Waals surface area contributed by atoms with Crippen LogP contribution in [0.15, 0.2) is 42.5 Å². The lowest BCUT2D eigenvalue weighted by atomic mass is 10.1. The fourth-order valence-electron chi connectivity index (χ4n) is 3.40. The Morgan fingerprint density at radius 2 is 1.84 bits per heavy atom. The molecule has 2 aromatic rings. The summed E-state index contributed by atoms with van der Waals surface area (Å²) in [5.74, 6) is 0.867. The van der Waals surface area contributed by atoms with Crippen molar-refractivity contribution in [2.45, 2.75) is 58.4 Å². The van der Waals surface area contributed by atoms with Crippen LogP contribution in [0, 0.1) is 6.92 Å². The number of thioether (sulfide) groups is 1. The molecule has 0 bridgehead atoms. The number of hydrogen-bond acceptors (Lipinski definition) is 3. The number of benzene rings is 2. The first-order valence-electron chi connectivity index (χ1n) is 11.0. The van der Waals surface area contributed by atoms with Crippen molar-refractivity contribution >= 4 is 46.8 Å². The first-order chi connectivity index (χ1) is 15.3. The van der Waals surface area contributed by atoms with E-state index in [4.69, 9.17) is 23.2 Å². The molecule has 1 atom stereocenters. The maximum atomic E-state index is 13.3. The summed E-state index contributed by atoms with van der Waals surface area (Å²) < 4.78 is 0. The predicted molar refractivity (Wildman–Crippen MR) is 136 cm³/mol. The second-order valence-electron chi connectivity index (χ2n) is 7.82. The maximum absolute atomic E-state index is 13.3. The van der Waals surface area contributed by atoms with E-state index in [1.54, 1.807) is 28.8 Å². The van der Waals surface area contributed by atoms with Crippen LogP contribution in [-0.4, -0.2) is 35.1 Å². The van der Waals surface area contributed by atoms with E-state index < -0.39 is 6.04 Å². The number of unbranched alkanes of at least 4 members (excludes halogenated alkanes) is 1. The van der Waals surface area contributed by atoms with E-state index in [1.165, 1.54) is 11.1 Å². The smallest absolute Gasteiger partial charge is 0.242 e. The van der Waals surface area contributed by atoms with Gasteiger partial charge in [0.2, 0.25) is 11.8 Å². The second-order valence-corrected chi connectivity index (χ2v) is 9.62. The summed E-state index contributed by atoms with van der Waals surface area (Å²) in [6.07, 6.45) is 2.45. The van der Waals surface area contributed by atoms with Gasteiger partial charge in [-0.05, 0) is 43.0 Å². The summed E-state index contributed by atoms with van der Waals surface area (Å²) in [6.45, 7) is 6.98. The highest BCUT2D eigenvalue weighted by molar-refractivity contribution is 7.99. The van der Waals surface area contributed by atoms with Crippen LogP contribution in [0.5, 0.6) is 0 Å². The Kier molecular flexibility index (Phi) is 11.4. The minimum Gasteiger partial charge on any atom is -0.354 e. The topological polar surface area (TPSA) is 49.4 Å². The van der Waals surface area contributed by atoms with Gasteiger partial charge in [0.25, 0.3) is 0 Å². The van der Waals surface area contributed by atoms with Crippen molar-refractivity contribution in [3.63, 3.8) is 0 Å². The van der Waals surface area contributed by atoms with Crippen molar-refractivity contribution < 1.29 is 9.59 Å². The molecule has 0 spiro atoms. The van der Waals surface area contributed by atoms with Crippen molar-refractivity contribution in [3.05, 3.63) is 69.2 Å². The van der Waals surface area contributed by atoms with E-state index in [1.807, 2.05) is 19.1 Å². The van der Waals surface area contributed by atoms with E-state index in [0.29, 0.717) is 35.3 Å². The molecule has 32 heavy (non-hydrogen) atoms. The normalized spacial score (nSPS) is 11.8. The van der Waals surface area contributed by atoms with Crippen LogP contribution in [0.3, 0.4) is 0 Å². The van der Waals surface area contributed by atoms with Gasteiger partial charge in [-0.1, -0.05) is 79.4 Å². The van der Waals surface area contributed by atoms with Gasteiger partial charge in [0.15, 0.2) is 0 Å². The Bertz CT molecular complexity index is 907. The molecule has 0 aromatic heterocycles. The molecule has 0 saturated carbocycles. The van der Waals surface area contributed by atoms with E-state index >= 15 is 0 Å². The molecule has 174 valence electrons. The molecule has 1 unspecified atom stereocenters. The molecule has 7 heteroatoms. The number of carbonyl (C=O) groups is 2. The van der Waals surface area contributed by atoms with Crippen molar-refractivity contribution in [1.29, 1.82) is 0 Å². The average molecular weight is 496 g/mol. The average Bonchev–Trinajstić information content (AvgIpc) is 2.76. The van der Waals surface area contributed by atoms with Gasteiger partial charge in [0.05, 0.1) is 15.8 Å². The van der Waals surface area contributed by atoms with E-state index in [2.05, 4.69) is 37.4 Å². The van der Waals surface area contributed by atoms with Crippen LogP contribution in [0.2, 0.25) is 10.0 Å². The summed E-state index contributed by atoms with van der Waals surface area (Å²) in [5.41, 5.74) is 3.23. The predicted octanol–water partition coefficient (Wildman–Crippen LogP) is 6.26. The third-order valence-corrected chi connectivity index (χ3v) is 6.86. The number of rotatable bonds is 12. The van der Waals surface area contributed by atoms with Gasteiger partial charge >= 0.3 is 0 Å². The third-order valence-electron chi connectivity index (χ3n) is 5.13.